The number of benzene rings is 1. The van der Waals surface area contributed by atoms with E-state index in [0.29, 0.717) is 0 Å². The molecule has 2 N–H and O–H groups in total. The minimum Gasteiger partial charge on any atom is -0.478 e. The summed E-state index contributed by atoms with van der Waals surface area (Å²) < 4.78 is 13.1. The monoisotopic (exact) mass is 211 g/mol. The van der Waals surface area contributed by atoms with Crippen LogP contribution in [-0.4, -0.2) is 17.0 Å². The van der Waals surface area contributed by atoms with Crippen LogP contribution in [0.3, 0.4) is 0 Å². The molecule has 0 saturated carbocycles. The number of rotatable bonds is 2. The molecule has 1 rings (SSSR count). The fourth-order valence-corrected chi connectivity index (χ4v) is 1.15. The third-order valence-corrected chi connectivity index (χ3v) is 1.84. The first kappa shape index (κ1) is 11.2. The van der Waals surface area contributed by atoms with Crippen LogP contribution in [0.2, 0.25) is 0 Å². The van der Waals surface area contributed by atoms with E-state index in [2.05, 4.69) is 5.32 Å². The Balaban J connectivity index is 3.28. The van der Waals surface area contributed by atoms with Crippen molar-refractivity contribution in [3.63, 3.8) is 0 Å². The minimum atomic E-state index is -1.28. The summed E-state index contributed by atoms with van der Waals surface area (Å²) in [6.07, 6.45) is 0. The van der Waals surface area contributed by atoms with E-state index in [0.717, 1.165) is 6.07 Å². The molecule has 1 aromatic carbocycles. The van der Waals surface area contributed by atoms with Gasteiger partial charge in [-0.25, -0.2) is 9.18 Å². The van der Waals surface area contributed by atoms with Crippen molar-refractivity contribution >= 4 is 17.6 Å². The van der Waals surface area contributed by atoms with E-state index < -0.39 is 17.7 Å². The molecule has 0 aliphatic rings. The molecule has 0 unspecified atom stereocenters. The lowest BCUT2D eigenvalue weighted by molar-refractivity contribution is -0.114. The van der Waals surface area contributed by atoms with Gasteiger partial charge in [-0.2, -0.15) is 0 Å². The van der Waals surface area contributed by atoms with Crippen LogP contribution in [0.5, 0.6) is 0 Å². The molecule has 0 radical (unpaired) electrons. The van der Waals surface area contributed by atoms with Crippen LogP contribution in [0.4, 0.5) is 10.1 Å². The molecule has 0 heterocycles. The quantitative estimate of drug-likeness (QED) is 0.783. The van der Waals surface area contributed by atoms with Gasteiger partial charge >= 0.3 is 5.97 Å². The second kappa shape index (κ2) is 4.08. The smallest absolute Gasteiger partial charge is 0.337 e. The standard InChI is InChI=1S/C10H10FNO3/c1-5-3-9(12-6(2)13)7(10(14)15)4-8(5)11/h3-4H,1-2H3,(H,12,13)(H,14,15). The molecule has 0 saturated heterocycles. The number of amides is 1. The van der Waals surface area contributed by atoms with Crippen molar-refractivity contribution in [3.05, 3.63) is 29.1 Å². The van der Waals surface area contributed by atoms with Gasteiger partial charge in [0, 0.05) is 6.92 Å². The fourth-order valence-electron chi connectivity index (χ4n) is 1.15. The van der Waals surface area contributed by atoms with Gasteiger partial charge in [-0.05, 0) is 24.6 Å². The molecule has 0 bridgehead atoms. The Labute approximate surface area is 85.7 Å². The SMILES string of the molecule is CC(=O)Nc1cc(C)c(F)cc1C(=O)O. The van der Waals surface area contributed by atoms with E-state index >= 15 is 0 Å². The van der Waals surface area contributed by atoms with Crippen molar-refractivity contribution in [1.29, 1.82) is 0 Å². The van der Waals surface area contributed by atoms with Gasteiger partial charge in [0.15, 0.2) is 0 Å². The van der Waals surface area contributed by atoms with E-state index in [9.17, 15) is 14.0 Å². The van der Waals surface area contributed by atoms with Gasteiger partial charge in [-0.15, -0.1) is 0 Å². The van der Waals surface area contributed by atoms with Gasteiger partial charge in [-0.1, -0.05) is 0 Å². The van der Waals surface area contributed by atoms with Crippen LogP contribution < -0.4 is 5.32 Å². The Morgan fingerprint density at radius 2 is 2.00 bits per heavy atom. The van der Waals surface area contributed by atoms with E-state index in [1.807, 2.05) is 0 Å². The molecule has 0 fully saturated rings. The predicted octanol–water partition coefficient (Wildman–Crippen LogP) is 1.79. The normalized spacial score (nSPS) is 9.80. The molecule has 1 amide bonds. The number of nitrogens with one attached hydrogen (secondary N) is 1. The summed E-state index contributed by atoms with van der Waals surface area (Å²) in [5, 5.41) is 11.1. The number of aryl methyl sites for hydroxylation is 1. The molecule has 5 heteroatoms. The molecule has 0 spiro atoms. The van der Waals surface area contributed by atoms with Gasteiger partial charge in [0.05, 0.1) is 11.3 Å². The number of carboxylic acids is 1. The molecule has 80 valence electrons. The first-order chi connectivity index (χ1) is 6.91. The lowest BCUT2D eigenvalue weighted by atomic mass is 10.1. The molecular formula is C10H10FNO3. The Bertz CT molecular complexity index is 429. The number of carbonyl (C=O) groups excluding carboxylic acids is 1. The molecule has 4 nitrogen and oxygen atoms in total. The molecule has 0 aromatic heterocycles. The van der Waals surface area contributed by atoms with E-state index in [-0.39, 0.29) is 16.8 Å². The van der Waals surface area contributed by atoms with Crippen molar-refractivity contribution in [2.75, 3.05) is 5.32 Å². The zero-order chi connectivity index (χ0) is 11.6. The average molecular weight is 211 g/mol. The van der Waals surface area contributed by atoms with Crippen molar-refractivity contribution in [2.45, 2.75) is 13.8 Å². The highest BCUT2D eigenvalue weighted by Gasteiger charge is 2.14. The summed E-state index contributed by atoms with van der Waals surface area (Å²) >= 11 is 0. The van der Waals surface area contributed by atoms with Crippen molar-refractivity contribution in [1.82, 2.24) is 0 Å². The number of anilines is 1. The van der Waals surface area contributed by atoms with Gasteiger partial charge in [0.1, 0.15) is 5.82 Å². The van der Waals surface area contributed by atoms with E-state index in [1.165, 1.54) is 19.9 Å². The lowest BCUT2D eigenvalue weighted by Gasteiger charge is -2.08. The first-order valence-corrected chi connectivity index (χ1v) is 4.23. The average Bonchev–Trinajstić information content (AvgIpc) is 2.09. The number of carbonyl (C=O) groups is 2. The van der Waals surface area contributed by atoms with Crippen LogP contribution in [0.1, 0.15) is 22.8 Å². The Morgan fingerprint density at radius 1 is 1.40 bits per heavy atom. The van der Waals surface area contributed by atoms with Gasteiger partial charge in [0.2, 0.25) is 5.91 Å². The highest BCUT2D eigenvalue weighted by atomic mass is 19.1. The molecule has 0 aliphatic heterocycles. The first-order valence-electron chi connectivity index (χ1n) is 4.23. The zero-order valence-corrected chi connectivity index (χ0v) is 8.30. The van der Waals surface area contributed by atoms with Crippen molar-refractivity contribution < 1.29 is 19.1 Å². The topological polar surface area (TPSA) is 66.4 Å². The third kappa shape index (κ3) is 2.52. The maximum atomic E-state index is 13.1. The Morgan fingerprint density at radius 3 is 2.47 bits per heavy atom. The number of hydrogen-bond donors (Lipinski definition) is 2. The Kier molecular flexibility index (Phi) is 3.04. The van der Waals surface area contributed by atoms with Gasteiger partial charge in [0.25, 0.3) is 0 Å². The Hall–Kier alpha value is -1.91. The van der Waals surface area contributed by atoms with Gasteiger partial charge in [-0.3, -0.25) is 4.79 Å². The zero-order valence-electron chi connectivity index (χ0n) is 8.30. The second-order valence-electron chi connectivity index (χ2n) is 3.13. The number of halogens is 1. The van der Waals surface area contributed by atoms with Crippen LogP contribution in [0.15, 0.2) is 12.1 Å². The third-order valence-electron chi connectivity index (χ3n) is 1.84. The summed E-state index contributed by atoms with van der Waals surface area (Å²) in [4.78, 5) is 21.5. The molecular weight excluding hydrogens is 201 g/mol. The lowest BCUT2D eigenvalue weighted by Crippen LogP contribution is -2.11. The highest BCUT2D eigenvalue weighted by molar-refractivity contribution is 6.00. The fraction of sp³-hybridized carbons (Fsp3) is 0.200. The highest BCUT2D eigenvalue weighted by Crippen LogP contribution is 2.20. The van der Waals surface area contributed by atoms with E-state index in [1.54, 1.807) is 0 Å². The minimum absolute atomic E-state index is 0.105. The summed E-state index contributed by atoms with van der Waals surface area (Å²) in [5.74, 6) is -2.29. The van der Waals surface area contributed by atoms with Crippen LogP contribution in [0.25, 0.3) is 0 Å². The summed E-state index contributed by atoms with van der Waals surface area (Å²) in [5.41, 5.74) is 0.131. The number of aromatic carboxylic acids is 1. The summed E-state index contributed by atoms with van der Waals surface area (Å²) in [6.45, 7) is 2.75. The van der Waals surface area contributed by atoms with E-state index in [4.69, 9.17) is 5.11 Å². The predicted molar refractivity (Wildman–Crippen MR) is 52.4 cm³/mol. The molecule has 0 atom stereocenters. The molecule has 1 aromatic rings. The van der Waals surface area contributed by atoms with Gasteiger partial charge < -0.3 is 10.4 Å². The van der Waals surface area contributed by atoms with Crippen molar-refractivity contribution in [2.24, 2.45) is 0 Å². The van der Waals surface area contributed by atoms with Crippen molar-refractivity contribution in [3.8, 4) is 0 Å². The molecule has 0 aliphatic carbocycles. The largest absolute Gasteiger partial charge is 0.478 e. The van der Waals surface area contributed by atoms with Crippen LogP contribution >= 0.6 is 0 Å². The van der Waals surface area contributed by atoms with Crippen LogP contribution in [-0.2, 0) is 4.79 Å². The molecule has 15 heavy (non-hydrogen) atoms. The maximum Gasteiger partial charge on any atom is 0.337 e. The maximum absolute atomic E-state index is 13.1. The number of hydrogen-bond acceptors (Lipinski definition) is 2. The number of carboxylic acid groups (broad SMARTS) is 1. The summed E-state index contributed by atoms with van der Waals surface area (Å²) in [6, 6.07) is 2.18. The summed E-state index contributed by atoms with van der Waals surface area (Å²) in [7, 11) is 0. The second-order valence-corrected chi connectivity index (χ2v) is 3.13. The van der Waals surface area contributed by atoms with Crippen LogP contribution in [0, 0.1) is 12.7 Å².